The number of aryl methyl sites for hydroxylation is 1. The molecule has 5 nitrogen and oxygen atoms in total. The number of rotatable bonds is 5. The molecule has 2 aromatic heterocycles. The van der Waals surface area contributed by atoms with E-state index < -0.39 is 0 Å². The van der Waals surface area contributed by atoms with Crippen molar-refractivity contribution < 1.29 is 4.74 Å². The van der Waals surface area contributed by atoms with Crippen LogP contribution in [0.15, 0.2) is 24.3 Å². The van der Waals surface area contributed by atoms with Crippen molar-refractivity contribution in [1.29, 1.82) is 0 Å². The van der Waals surface area contributed by atoms with Gasteiger partial charge in [0.25, 0.3) is 0 Å². The van der Waals surface area contributed by atoms with Gasteiger partial charge in [0.2, 0.25) is 11.8 Å². The number of H-pyrrole nitrogens is 1. The summed E-state index contributed by atoms with van der Waals surface area (Å²) in [6.07, 6.45) is 2.56. The van der Waals surface area contributed by atoms with Crippen molar-refractivity contribution in [3.63, 3.8) is 0 Å². The molecule has 5 heteroatoms. The predicted octanol–water partition coefficient (Wildman–Crippen LogP) is 2.16. The third-order valence-corrected chi connectivity index (χ3v) is 2.82. The molecule has 1 aliphatic carbocycles. The van der Waals surface area contributed by atoms with E-state index in [0.717, 1.165) is 17.9 Å². The molecular formula is C13H16N4O. The van der Waals surface area contributed by atoms with Crippen LogP contribution < -0.4 is 10.1 Å². The lowest BCUT2D eigenvalue weighted by atomic mass is 10.3. The molecule has 2 aromatic rings. The van der Waals surface area contributed by atoms with Crippen LogP contribution in [-0.2, 0) is 6.54 Å². The van der Waals surface area contributed by atoms with Crippen LogP contribution in [0.2, 0.25) is 0 Å². The summed E-state index contributed by atoms with van der Waals surface area (Å²) in [4.78, 5) is 4.44. The summed E-state index contributed by atoms with van der Waals surface area (Å²) in [6, 6.07) is 8.32. The lowest BCUT2D eigenvalue weighted by molar-refractivity contribution is 0.440. The van der Waals surface area contributed by atoms with E-state index in [-0.39, 0.29) is 0 Å². The molecule has 0 atom stereocenters. The molecule has 1 fully saturated rings. The van der Waals surface area contributed by atoms with Gasteiger partial charge >= 0.3 is 0 Å². The Morgan fingerprint density at radius 3 is 3.00 bits per heavy atom. The van der Waals surface area contributed by atoms with Gasteiger partial charge in [0.15, 0.2) is 0 Å². The molecule has 0 unspecified atom stereocenters. The highest BCUT2D eigenvalue weighted by atomic mass is 16.5. The van der Waals surface area contributed by atoms with Crippen LogP contribution in [0.1, 0.15) is 24.2 Å². The smallest absolute Gasteiger partial charge is 0.240 e. The zero-order valence-electron chi connectivity index (χ0n) is 10.3. The Hall–Kier alpha value is -1.88. The third-order valence-electron chi connectivity index (χ3n) is 2.82. The Morgan fingerprint density at radius 1 is 1.39 bits per heavy atom. The molecule has 1 aliphatic rings. The average Bonchev–Trinajstić information content (AvgIpc) is 3.11. The number of nitrogens with zero attached hydrogens (tertiary/aromatic N) is 2. The van der Waals surface area contributed by atoms with Crippen molar-refractivity contribution in [2.45, 2.75) is 32.4 Å². The molecule has 2 heterocycles. The van der Waals surface area contributed by atoms with Gasteiger partial charge in [-0.1, -0.05) is 6.07 Å². The minimum absolute atomic E-state index is 0.548. The Labute approximate surface area is 106 Å². The number of nitrogens with one attached hydrogen (secondary N) is 2. The van der Waals surface area contributed by atoms with Gasteiger partial charge in [0.05, 0.1) is 5.69 Å². The molecule has 2 N–H and O–H groups in total. The molecule has 0 radical (unpaired) electrons. The second kappa shape index (κ2) is 4.78. The monoisotopic (exact) mass is 244 g/mol. The largest absolute Gasteiger partial charge is 0.419 e. The summed E-state index contributed by atoms with van der Waals surface area (Å²) in [5.74, 6) is 1.13. The first kappa shape index (κ1) is 11.2. The van der Waals surface area contributed by atoms with Crippen molar-refractivity contribution >= 4 is 0 Å². The van der Waals surface area contributed by atoms with Crippen LogP contribution in [0.5, 0.6) is 11.8 Å². The summed E-state index contributed by atoms with van der Waals surface area (Å²) in [5.41, 5.74) is 1.96. The Balaban J connectivity index is 1.65. The Kier molecular flexibility index (Phi) is 2.98. The topological polar surface area (TPSA) is 62.8 Å². The zero-order valence-corrected chi connectivity index (χ0v) is 10.3. The fraction of sp³-hybridized carbons (Fsp3) is 0.385. The molecule has 0 bridgehead atoms. The van der Waals surface area contributed by atoms with Crippen LogP contribution >= 0.6 is 0 Å². The number of hydrogen-bond donors (Lipinski definition) is 2. The van der Waals surface area contributed by atoms with Crippen LogP contribution in [0.25, 0.3) is 0 Å². The second-order valence-electron chi connectivity index (χ2n) is 4.61. The summed E-state index contributed by atoms with van der Waals surface area (Å²) in [5, 5.41) is 10.3. The minimum atomic E-state index is 0.548. The number of aromatic amines is 1. The maximum atomic E-state index is 5.58. The van der Waals surface area contributed by atoms with Crippen LogP contribution in [0, 0.1) is 6.92 Å². The molecule has 0 spiro atoms. The SMILES string of the molecule is Cc1cc(Oc2cccc(CNC3CC3)n2)n[nH]1. The van der Waals surface area contributed by atoms with Gasteiger partial charge < -0.3 is 10.1 Å². The predicted molar refractivity (Wildman–Crippen MR) is 67.5 cm³/mol. The van der Waals surface area contributed by atoms with Crippen LogP contribution in [0.3, 0.4) is 0 Å². The van der Waals surface area contributed by atoms with E-state index in [1.54, 1.807) is 0 Å². The molecule has 3 rings (SSSR count). The number of ether oxygens (including phenoxy) is 1. The second-order valence-corrected chi connectivity index (χ2v) is 4.61. The molecule has 1 saturated carbocycles. The van der Waals surface area contributed by atoms with Crippen molar-refractivity contribution in [2.24, 2.45) is 0 Å². The summed E-state index contributed by atoms with van der Waals surface area (Å²) < 4.78 is 5.58. The van der Waals surface area contributed by atoms with E-state index in [2.05, 4.69) is 20.5 Å². The van der Waals surface area contributed by atoms with E-state index in [9.17, 15) is 0 Å². The lowest BCUT2D eigenvalue weighted by Gasteiger charge is -2.05. The fourth-order valence-electron chi connectivity index (χ4n) is 1.70. The normalized spacial score (nSPS) is 14.7. The van der Waals surface area contributed by atoms with Gasteiger partial charge in [0.1, 0.15) is 0 Å². The molecule has 0 amide bonds. The van der Waals surface area contributed by atoms with E-state index in [0.29, 0.717) is 17.8 Å². The minimum Gasteiger partial charge on any atom is -0.419 e. The molecule has 0 saturated heterocycles. The maximum absolute atomic E-state index is 5.58. The first-order valence-electron chi connectivity index (χ1n) is 6.19. The molecule has 18 heavy (non-hydrogen) atoms. The van der Waals surface area contributed by atoms with Gasteiger partial charge in [-0.2, -0.15) is 0 Å². The quantitative estimate of drug-likeness (QED) is 0.846. The highest BCUT2D eigenvalue weighted by Crippen LogP contribution is 2.20. The van der Waals surface area contributed by atoms with Gasteiger partial charge in [-0.25, -0.2) is 4.98 Å². The lowest BCUT2D eigenvalue weighted by Crippen LogP contribution is -2.16. The Bertz CT molecular complexity index is 533. The Morgan fingerprint density at radius 2 is 2.28 bits per heavy atom. The van der Waals surface area contributed by atoms with Gasteiger partial charge in [-0.15, -0.1) is 5.10 Å². The van der Waals surface area contributed by atoms with Gasteiger partial charge in [0, 0.05) is 30.4 Å². The van der Waals surface area contributed by atoms with Crippen molar-refractivity contribution in [1.82, 2.24) is 20.5 Å². The first-order chi connectivity index (χ1) is 8.79. The van der Waals surface area contributed by atoms with E-state index in [1.807, 2.05) is 31.2 Å². The summed E-state index contributed by atoms with van der Waals surface area (Å²) in [7, 11) is 0. The van der Waals surface area contributed by atoms with E-state index in [1.165, 1.54) is 12.8 Å². The van der Waals surface area contributed by atoms with Crippen molar-refractivity contribution in [3.05, 3.63) is 35.7 Å². The fourth-order valence-corrected chi connectivity index (χ4v) is 1.70. The number of aromatic nitrogens is 3. The summed E-state index contributed by atoms with van der Waals surface area (Å²) in [6.45, 7) is 2.73. The van der Waals surface area contributed by atoms with Crippen LogP contribution in [-0.4, -0.2) is 21.2 Å². The standard InChI is InChI=1S/C13H16N4O/c1-9-7-13(17-16-9)18-12-4-2-3-11(15-12)8-14-10-5-6-10/h2-4,7,10,14H,5-6,8H2,1H3,(H,16,17). The van der Waals surface area contributed by atoms with Crippen molar-refractivity contribution in [2.75, 3.05) is 0 Å². The highest BCUT2D eigenvalue weighted by Gasteiger charge is 2.20. The van der Waals surface area contributed by atoms with Gasteiger partial charge in [-0.3, -0.25) is 5.10 Å². The third kappa shape index (κ3) is 2.87. The molecule has 0 aliphatic heterocycles. The van der Waals surface area contributed by atoms with E-state index in [4.69, 9.17) is 4.74 Å². The average molecular weight is 244 g/mol. The molecule has 94 valence electrons. The maximum Gasteiger partial charge on any atom is 0.240 e. The molecule has 0 aromatic carbocycles. The summed E-state index contributed by atoms with van der Waals surface area (Å²) >= 11 is 0. The number of hydrogen-bond acceptors (Lipinski definition) is 4. The van der Waals surface area contributed by atoms with Crippen LogP contribution in [0.4, 0.5) is 0 Å². The van der Waals surface area contributed by atoms with Gasteiger partial charge in [-0.05, 0) is 25.8 Å². The highest BCUT2D eigenvalue weighted by molar-refractivity contribution is 5.22. The van der Waals surface area contributed by atoms with Crippen molar-refractivity contribution in [3.8, 4) is 11.8 Å². The number of pyridine rings is 1. The van der Waals surface area contributed by atoms with E-state index >= 15 is 0 Å². The molecular weight excluding hydrogens is 228 g/mol. The first-order valence-corrected chi connectivity index (χ1v) is 6.19. The zero-order chi connectivity index (χ0) is 12.4.